The second-order valence-corrected chi connectivity index (χ2v) is 8.96. The number of thiophene rings is 1. The van der Waals surface area contributed by atoms with E-state index in [1.807, 2.05) is 12.1 Å². The van der Waals surface area contributed by atoms with Crippen LogP contribution >= 0.6 is 11.3 Å². The van der Waals surface area contributed by atoms with Crippen LogP contribution in [-0.4, -0.2) is 25.1 Å². The maximum absolute atomic E-state index is 12.8. The zero-order chi connectivity index (χ0) is 21.3. The van der Waals surface area contributed by atoms with Crippen LogP contribution in [0.1, 0.15) is 34.4 Å². The van der Waals surface area contributed by atoms with Crippen molar-refractivity contribution in [1.29, 1.82) is 0 Å². The van der Waals surface area contributed by atoms with Gasteiger partial charge in [0.15, 0.2) is 0 Å². The van der Waals surface area contributed by atoms with E-state index in [0.29, 0.717) is 5.92 Å². The smallest absolute Gasteiger partial charge is 0.416 e. The first-order valence-electron chi connectivity index (χ1n) is 9.99. The Labute approximate surface area is 178 Å². The summed E-state index contributed by atoms with van der Waals surface area (Å²) in [6, 6.07) is 15.8. The minimum Gasteiger partial charge on any atom is -0.497 e. The van der Waals surface area contributed by atoms with Gasteiger partial charge in [0.2, 0.25) is 0 Å². The van der Waals surface area contributed by atoms with Gasteiger partial charge >= 0.3 is 6.18 Å². The minimum absolute atomic E-state index is 0.409. The van der Waals surface area contributed by atoms with E-state index in [9.17, 15) is 13.2 Å². The predicted molar refractivity (Wildman–Crippen MR) is 115 cm³/mol. The molecule has 30 heavy (non-hydrogen) atoms. The number of rotatable bonds is 4. The standard InChI is InChI=1S/C24H24F3NOS/c1-16-14-28(12-11-17-5-8-20(29-2)13-22(16)17)15-21-9-10-23(30-21)18-3-6-19(7-4-18)24(25,26)27/h3-10,13,16H,11-12,14-15H2,1-2H3. The van der Waals surface area contributed by atoms with Gasteiger partial charge in [-0.25, -0.2) is 0 Å². The molecule has 0 fully saturated rings. The molecule has 0 spiro atoms. The van der Waals surface area contributed by atoms with Crippen LogP contribution in [0, 0.1) is 0 Å². The van der Waals surface area contributed by atoms with Gasteiger partial charge in [-0.15, -0.1) is 11.3 Å². The monoisotopic (exact) mass is 431 g/mol. The number of hydrogen-bond acceptors (Lipinski definition) is 3. The van der Waals surface area contributed by atoms with Gasteiger partial charge in [0, 0.05) is 29.4 Å². The molecule has 2 nitrogen and oxygen atoms in total. The highest BCUT2D eigenvalue weighted by Gasteiger charge is 2.30. The van der Waals surface area contributed by atoms with Crippen LogP contribution in [0.25, 0.3) is 10.4 Å². The summed E-state index contributed by atoms with van der Waals surface area (Å²) in [6.45, 7) is 5.05. The number of ether oxygens (including phenoxy) is 1. The molecule has 2 aromatic carbocycles. The Kier molecular flexibility index (Phi) is 5.89. The van der Waals surface area contributed by atoms with E-state index in [-0.39, 0.29) is 0 Å². The van der Waals surface area contributed by atoms with E-state index < -0.39 is 11.7 Å². The molecule has 1 unspecified atom stereocenters. The molecule has 4 rings (SSSR count). The lowest BCUT2D eigenvalue weighted by atomic mass is 9.95. The lowest BCUT2D eigenvalue weighted by Gasteiger charge is -2.22. The average molecular weight is 432 g/mol. The van der Waals surface area contributed by atoms with Crippen molar-refractivity contribution in [2.24, 2.45) is 0 Å². The van der Waals surface area contributed by atoms with E-state index >= 15 is 0 Å². The Morgan fingerprint density at radius 1 is 1.07 bits per heavy atom. The van der Waals surface area contributed by atoms with Crippen molar-refractivity contribution < 1.29 is 17.9 Å². The van der Waals surface area contributed by atoms with Crippen LogP contribution in [0.5, 0.6) is 5.75 Å². The lowest BCUT2D eigenvalue weighted by molar-refractivity contribution is -0.137. The summed E-state index contributed by atoms with van der Waals surface area (Å²) in [7, 11) is 1.69. The second-order valence-electron chi connectivity index (χ2n) is 7.79. The van der Waals surface area contributed by atoms with Gasteiger partial charge in [0.25, 0.3) is 0 Å². The third kappa shape index (κ3) is 4.55. The molecule has 6 heteroatoms. The van der Waals surface area contributed by atoms with Crippen molar-refractivity contribution in [3.63, 3.8) is 0 Å². The van der Waals surface area contributed by atoms with Crippen LogP contribution in [0.3, 0.4) is 0 Å². The highest BCUT2D eigenvalue weighted by molar-refractivity contribution is 7.15. The Bertz CT molecular complexity index is 1010. The quantitative estimate of drug-likeness (QED) is 0.461. The molecular formula is C24H24F3NOS. The van der Waals surface area contributed by atoms with Gasteiger partial charge in [-0.2, -0.15) is 13.2 Å². The van der Waals surface area contributed by atoms with Crippen LogP contribution in [-0.2, 0) is 19.1 Å². The number of benzene rings is 2. The van der Waals surface area contributed by atoms with Crippen LogP contribution in [0.15, 0.2) is 54.6 Å². The Hall–Kier alpha value is -2.31. The molecule has 3 aromatic rings. The number of alkyl halides is 3. The third-order valence-electron chi connectivity index (χ3n) is 5.65. The summed E-state index contributed by atoms with van der Waals surface area (Å²) >= 11 is 1.65. The molecule has 1 aromatic heterocycles. The summed E-state index contributed by atoms with van der Waals surface area (Å²) in [5.41, 5.74) is 2.94. The Morgan fingerprint density at radius 2 is 1.83 bits per heavy atom. The van der Waals surface area contributed by atoms with Gasteiger partial charge in [-0.05, 0) is 65.4 Å². The zero-order valence-electron chi connectivity index (χ0n) is 17.0. The fourth-order valence-electron chi connectivity index (χ4n) is 4.05. The van der Waals surface area contributed by atoms with Crippen LogP contribution in [0.2, 0.25) is 0 Å². The van der Waals surface area contributed by atoms with Crippen molar-refractivity contribution in [2.45, 2.75) is 32.0 Å². The van der Waals surface area contributed by atoms with Crippen molar-refractivity contribution in [3.05, 3.63) is 76.2 Å². The lowest BCUT2D eigenvalue weighted by Crippen LogP contribution is -2.26. The molecule has 0 saturated heterocycles. The summed E-state index contributed by atoms with van der Waals surface area (Å²) in [5.74, 6) is 1.31. The normalized spacial score (nSPS) is 17.4. The Morgan fingerprint density at radius 3 is 2.53 bits per heavy atom. The number of fused-ring (bicyclic) bond motifs is 1. The summed E-state index contributed by atoms with van der Waals surface area (Å²) in [6.07, 6.45) is -3.30. The minimum atomic E-state index is -4.30. The second kappa shape index (κ2) is 8.44. The van der Waals surface area contributed by atoms with Gasteiger partial charge < -0.3 is 4.74 Å². The maximum Gasteiger partial charge on any atom is 0.416 e. The molecule has 1 aliphatic rings. The average Bonchev–Trinajstić information content (AvgIpc) is 3.13. The molecule has 0 amide bonds. The van der Waals surface area contributed by atoms with Crippen LogP contribution in [0.4, 0.5) is 13.2 Å². The van der Waals surface area contributed by atoms with E-state index in [2.05, 4.69) is 30.0 Å². The topological polar surface area (TPSA) is 12.5 Å². The van der Waals surface area contributed by atoms with Crippen molar-refractivity contribution in [2.75, 3.05) is 20.2 Å². The number of nitrogens with zero attached hydrogens (tertiary/aromatic N) is 1. The number of methoxy groups -OCH3 is 1. The first-order chi connectivity index (χ1) is 14.3. The first kappa shape index (κ1) is 20.9. The van der Waals surface area contributed by atoms with Crippen molar-refractivity contribution in [1.82, 2.24) is 4.90 Å². The highest BCUT2D eigenvalue weighted by Crippen LogP contribution is 2.34. The van der Waals surface area contributed by atoms with E-state index in [1.165, 1.54) is 16.0 Å². The van der Waals surface area contributed by atoms with Gasteiger partial charge in [-0.3, -0.25) is 4.90 Å². The van der Waals surface area contributed by atoms with E-state index in [1.54, 1.807) is 30.6 Å². The van der Waals surface area contributed by atoms with Crippen molar-refractivity contribution >= 4 is 11.3 Å². The molecule has 0 aliphatic carbocycles. The molecule has 0 radical (unpaired) electrons. The molecule has 2 heterocycles. The van der Waals surface area contributed by atoms with Gasteiger partial charge in [0.05, 0.1) is 12.7 Å². The SMILES string of the molecule is COc1ccc2c(c1)C(C)CN(Cc1ccc(-c3ccc(C(F)(F)F)cc3)s1)CC2. The molecule has 0 saturated carbocycles. The van der Waals surface area contributed by atoms with E-state index in [4.69, 9.17) is 4.74 Å². The Balaban J connectivity index is 1.45. The molecule has 158 valence electrons. The van der Waals surface area contributed by atoms with Crippen molar-refractivity contribution in [3.8, 4) is 16.2 Å². The van der Waals surface area contributed by atoms with E-state index in [0.717, 1.165) is 54.4 Å². The molecule has 1 aliphatic heterocycles. The summed E-state index contributed by atoms with van der Waals surface area (Å²) < 4.78 is 43.7. The first-order valence-corrected chi connectivity index (χ1v) is 10.8. The summed E-state index contributed by atoms with van der Waals surface area (Å²) in [5, 5.41) is 0. The zero-order valence-corrected chi connectivity index (χ0v) is 17.8. The fraction of sp³-hybridized carbons (Fsp3) is 0.333. The fourth-order valence-corrected chi connectivity index (χ4v) is 5.10. The largest absolute Gasteiger partial charge is 0.497 e. The van der Waals surface area contributed by atoms with Crippen LogP contribution < -0.4 is 4.74 Å². The maximum atomic E-state index is 12.8. The summed E-state index contributed by atoms with van der Waals surface area (Å²) in [4.78, 5) is 4.68. The molecule has 0 N–H and O–H groups in total. The third-order valence-corrected chi connectivity index (χ3v) is 6.77. The number of halogens is 3. The molecular weight excluding hydrogens is 407 g/mol. The molecule has 0 bridgehead atoms. The number of hydrogen-bond donors (Lipinski definition) is 0. The van der Waals surface area contributed by atoms with Gasteiger partial charge in [0.1, 0.15) is 5.75 Å². The highest BCUT2D eigenvalue weighted by atomic mass is 32.1. The predicted octanol–water partition coefficient (Wildman–Crippen LogP) is 6.60. The van der Waals surface area contributed by atoms with Gasteiger partial charge in [-0.1, -0.05) is 25.1 Å². The molecule has 1 atom stereocenters.